The highest BCUT2D eigenvalue weighted by Crippen LogP contribution is 2.04. The Kier molecular flexibility index (Phi) is 1.65. The molecule has 0 atom stereocenters. The van der Waals surface area contributed by atoms with Crippen LogP contribution in [0.2, 0.25) is 0 Å². The van der Waals surface area contributed by atoms with E-state index < -0.39 is 15.0 Å². The van der Waals surface area contributed by atoms with E-state index in [9.17, 15) is 8.42 Å². The minimum atomic E-state index is -3.73. The lowest BCUT2D eigenvalue weighted by Crippen LogP contribution is -2.33. The highest BCUT2D eigenvalue weighted by Gasteiger charge is 2.28. The Morgan fingerprint density at radius 2 is 1.50 bits per heavy atom. The van der Waals surface area contributed by atoms with E-state index in [1.807, 2.05) is 0 Å². The van der Waals surface area contributed by atoms with Gasteiger partial charge >= 0.3 is 0 Å². The van der Waals surface area contributed by atoms with E-state index in [4.69, 9.17) is 10.2 Å². The quantitative estimate of drug-likeness (QED) is 0.443. The summed E-state index contributed by atoms with van der Waals surface area (Å²) in [5.41, 5.74) is 0. The van der Waals surface area contributed by atoms with Crippen LogP contribution in [0.4, 0.5) is 0 Å². The fourth-order valence-corrected chi connectivity index (χ4v) is 0. The zero-order valence-corrected chi connectivity index (χ0v) is 5.44. The molecule has 50 valence electrons. The summed E-state index contributed by atoms with van der Waals surface area (Å²) in [7, 11) is -3.73. The molecule has 5 heteroatoms. The second-order valence-corrected chi connectivity index (χ2v) is 4.02. The standard InChI is InChI=1S/C3H8O4S/c1-3(4,5)8(2,6)7/h4-5H,1-2H3. The predicted molar refractivity (Wildman–Crippen MR) is 27.7 cm³/mol. The molecule has 0 aromatic rings. The minimum absolute atomic E-state index is 0.743. The molecule has 0 amide bonds. The summed E-state index contributed by atoms with van der Waals surface area (Å²) in [5, 5.41) is 14.1. The molecule has 0 aromatic carbocycles. The molecule has 8 heavy (non-hydrogen) atoms. The van der Waals surface area contributed by atoms with Crippen molar-refractivity contribution in [3.8, 4) is 0 Å². The van der Waals surface area contributed by atoms with Gasteiger partial charge in [0.25, 0.3) is 5.12 Å². The van der Waals surface area contributed by atoms with Gasteiger partial charge < -0.3 is 10.2 Å². The largest absolute Gasteiger partial charge is 0.354 e. The Morgan fingerprint density at radius 1 is 1.38 bits per heavy atom. The van der Waals surface area contributed by atoms with Gasteiger partial charge in [0.15, 0.2) is 0 Å². The predicted octanol–water partition coefficient (Wildman–Crippen LogP) is -1.31. The summed E-state index contributed by atoms with van der Waals surface area (Å²) >= 11 is 0. The molecular weight excluding hydrogens is 132 g/mol. The van der Waals surface area contributed by atoms with Gasteiger partial charge in [0.2, 0.25) is 9.84 Å². The highest BCUT2D eigenvalue weighted by atomic mass is 32.2. The molecule has 0 spiro atoms. The van der Waals surface area contributed by atoms with Crippen molar-refractivity contribution in [3.05, 3.63) is 0 Å². The molecule has 0 saturated heterocycles. The van der Waals surface area contributed by atoms with Crippen molar-refractivity contribution in [1.29, 1.82) is 0 Å². The van der Waals surface area contributed by atoms with Crippen molar-refractivity contribution < 1.29 is 18.6 Å². The van der Waals surface area contributed by atoms with Gasteiger partial charge in [-0.05, 0) is 0 Å². The van der Waals surface area contributed by atoms with Crippen molar-refractivity contribution in [2.24, 2.45) is 0 Å². The van der Waals surface area contributed by atoms with Gasteiger partial charge in [-0.2, -0.15) is 0 Å². The summed E-state index contributed by atoms with van der Waals surface area (Å²) in [6.07, 6.45) is 0.743. The first-order valence-corrected chi connectivity index (χ1v) is 3.78. The van der Waals surface area contributed by atoms with E-state index in [1.54, 1.807) is 0 Å². The molecule has 0 aliphatic rings. The minimum Gasteiger partial charge on any atom is -0.354 e. The Labute approximate surface area is 47.7 Å². The Bertz CT molecular complexity index is 160. The van der Waals surface area contributed by atoms with Crippen molar-refractivity contribution in [2.45, 2.75) is 12.0 Å². The summed E-state index contributed by atoms with van der Waals surface area (Å²) < 4.78 is 20.3. The monoisotopic (exact) mass is 140 g/mol. The summed E-state index contributed by atoms with van der Waals surface area (Å²) in [6, 6.07) is 0. The third-order valence-corrected chi connectivity index (χ3v) is 2.11. The van der Waals surface area contributed by atoms with Crippen molar-refractivity contribution >= 4 is 9.84 Å². The maximum Gasteiger partial charge on any atom is 0.265 e. The first kappa shape index (κ1) is 7.87. The number of hydrogen-bond donors (Lipinski definition) is 2. The fraction of sp³-hybridized carbons (Fsp3) is 1.00. The second-order valence-electron chi connectivity index (χ2n) is 1.71. The number of rotatable bonds is 1. The summed E-state index contributed by atoms with van der Waals surface area (Å²) in [6.45, 7) is 0.794. The average molecular weight is 140 g/mol. The van der Waals surface area contributed by atoms with E-state index in [-0.39, 0.29) is 0 Å². The van der Waals surface area contributed by atoms with Crippen LogP contribution in [0.15, 0.2) is 0 Å². The van der Waals surface area contributed by atoms with Crippen LogP contribution in [0.5, 0.6) is 0 Å². The Morgan fingerprint density at radius 3 is 1.50 bits per heavy atom. The number of hydrogen-bond acceptors (Lipinski definition) is 4. The third-order valence-electron chi connectivity index (χ3n) is 0.702. The van der Waals surface area contributed by atoms with Crippen LogP contribution in [-0.2, 0) is 9.84 Å². The molecule has 0 saturated carbocycles. The van der Waals surface area contributed by atoms with Crippen LogP contribution in [-0.4, -0.2) is 30.0 Å². The van der Waals surface area contributed by atoms with E-state index in [2.05, 4.69) is 0 Å². The van der Waals surface area contributed by atoms with Crippen LogP contribution in [0.3, 0.4) is 0 Å². The van der Waals surface area contributed by atoms with Crippen LogP contribution in [0, 0.1) is 0 Å². The molecule has 0 fully saturated rings. The molecule has 0 bridgehead atoms. The molecule has 0 heterocycles. The van der Waals surface area contributed by atoms with Gasteiger partial charge in [-0.15, -0.1) is 0 Å². The van der Waals surface area contributed by atoms with Gasteiger partial charge in [-0.3, -0.25) is 0 Å². The molecule has 0 aromatic heterocycles. The smallest absolute Gasteiger partial charge is 0.265 e. The van der Waals surface area contributed by atoms with Gasteiger partial charge in [-0.1, -0.05) is 0 Å². The lowest BCUT2D eigenvalue weighted by Gasteiger charge is -2.11. The maximum absolute atomic E-state index is 10.2. The van der Waals surface area contributed by atoms with Gasteiger partial charge in [0, 0.05) is 13.2 Å². The lowest BCUT2D eigenvalue weighted by atomic mass is 10.8. The average Bonchev–Trinajstić information content (AvgIpc) is 1.25. The first-order chi connectivity index (χ1) is 3.25. The maximum atomic E-state index is 10.2. The lowest BCUT2D eigenvalue weighted by molar-refractivity contribution is -0.0675. The molecule has 0 rings (SSSR count). The van der Waals surface area contributed by atoms with E-state index >= 15 is 0 Å². The van der Waals surface area contributed by atoms with Crippen molar-refractivity contribution in [3.63, 3.8) is 0 Å². The Balaban J connectivity index is 4.53. The van der Waals surface area contributed by atoms with Crippen LogP contribution in [0.1, 0.15) is 6.92 Å². The molecule has 0 radical (unpaired) electrons. The van der Waals surface area contributed by atoms with Crippen LogP contribution >= 0.6 is 0 Å². The van der Waals surface area contributed by atoms with E-state index in [1.165, 1.54) is 0 Å². The van der Waals surface area contributed by atoms with Crippen molar-refractivity contribution in [1.82, 2.24) is 0 Å². The van der Waals surface area contributed by atoms with Crippen LogP contribution in [0.25, 0.3) is 0 Å². The number of aliphatic hydroxyl groups is 2. The van der Waals surface area contributed by atoms with Gasteiger partial charge in [0.1, 0.15) is 0 Å². The highest BCUT2D eigenvalue weighted by molar-refractivity contribution is 7.91. The molecule has 4 nitrogen and oxygen atoms in total. The SMILES string of the molecule is CC(O)(O)S(C)(=O)=O. The Hall–Kier alpha value is -0.130. The van der Waals surface area contributed by atoms with Crippen LogP contribution < -0.4 is 0 Å². The molecule has 2 N–H and O–H groups in total. The fourth-order valence-electron chi connectivity index (χ4n) is 0. The molecular formula is C3H8O4S. The van der Waals surface area contributed by atoms with Gasteiger partial charge in [-0.25, -0.2) is 8.42 Å². The zero-order valence-electron chi connectivity index (χ0n) is 4.62. The normalized spacial score (nSPS) is 14.0. The van der Waals surface area contributed by atoms with Crippen molar-refractivity contribution in [2.75, 3.05) is 6.26 Å². The second kappa shape index (κ2) is 1.68. The summed E-state index contributed by atoms with van der Waals surface area (Å²) in [4.78, 5) is 0. The number of sulfone groups is 1. The molecule has 0 unspecified atom stereocenters. The topological polar surface area (TPSA) is 74.6 Å². The van der Waals surface area contributed by atoms with Gasteiger partial charge in [0.05, 0.1) is 0 Å². The van der Waals surface area contributed by atoms with E-state index in [0.717, 1.165) is 13.2 Å². The molecule has 0 aliphatic heterocycles. The molecule has 0 aliphatic carbocycles. The third kappa shape index (κ3) is 1.77. The van der Waals surface area contributed by atoms with E-state index in [0.29, 0.717) is 0 Å². The zero-order chi connectivity index (χ0) is 7.00. The first-order valence-electron chi connectivity index (χ1n) is 1.89. The summed E-state index contributed by atoms with van der Waals surface area (Å²) in [5.74, 6) is 0.